The third-order valence-electron chi connectivity index (χ3n) is 4.58. The van der Waals surface area contributed by atoms with E-state index in [9.17, 15) is 0 Å². The number of H-pyrrole nitrogens is 1. The fourth-order valence-corrected chi connectivity index (χ4v) is 3.36. The van der Waals surface area contributed by atoms with Crippen LogP contribution in [0, 0.1) is 0 Å². The molecule has 0 aliphatic carbocycles. The number of rotatable bonds is 4. The van der Waals surface area contributed by atoms with Gasteiger partial charge in [0.15, 0.2) is 0 Å². The van der Waals surface area contributed by atoms with Gasteiger partial charge in [0.2, 0.25) is 0 Å². The van der Waals surface area contributed by atoms with Crippen LogP contribution in [0.25, 0.3) is 10.9 Å². The van der Waals surface area contributed by atoms with E-state index in [1.54, 1.807) is 0 Å². The van der Waals surface area contributed by atoms with Crippen molar-refractivity contribution in [2.75, 3.05) is 18.0 Å². The Bertz CT molecular complexity index is 747. The molecule has 22 heavy (non-hydrogen) atoms. The molecule has 0 amide bonds. The quantitative estimate of drug-likeness (QED) is 0.770. The van der Waals surface area contributed by atoms with E-state index in [0.29, 0.717) is 6.04 Å². The third kappa shape index (κ3) is 2.60. The monoisotopic (exact) mass is 291 g/mol. The fraction of sp³-hybridized carbons (Fsp3) is 0.263. The molecule has 1 aliphatic rings. The molecular weight excluding hydrogens is 270 g/mol. The van der Waals surface area contributed by atoms with E-state index in [1.807, 2.05) is 6.20 Å². The molecule has 0 saturated carbocycles. The number of aromatic amines is 1. The summed E-state index contributed by atoms with van der Waals surface area (Å²) in [6.07, 6.45) is 3.22. The Morgan fingerprint density at radius 3 is 2.86 bits per heavy atom. The summed E-state index contributed by atoms with van der Waals surface area (Å²) in [7, 11) is 0. The van der Waals surface area contributed by atoms with Gasteiger partial charge in [-0.25, -0.2) is 0 Å². The Kier molecular flexibility index (Phi) is 3.57. The van der Waals surface area contributed by atoms with Crippen molar-refractivity contribution in [2.24, 2.45) is 0 Å². The number of benzene rings is 2. The largest absolute Gasteiger partial charge is 0.370 e. The summed E-state index contributed by atoms with van der Waals surface area (Å²) in [6.45, 7) is 3.16. The molecule has 2 heterocycles. The number of hydrogen-bond acceptors (Lipinski definition) is 2. The van der Waals surface area contributed by atoms with Gasteiger partial charge < -0.3 is 15.2 Å². The molecule has 1 saturated heterocycles. The summed E-state index contributed by atoms with van der Waals surface area (Å²) >= 11 is 0. The van der Waals surface area contributed by atoms with Crippen LogP contribution >= 0.6 is 0 Å². The molecular formula is C19H21N3. The van der Waals surface area contributed by atoms with Crippen LogP contribution in [0.5, 0.6) is 0 Å². The molecule has 0 bridgehead atoms. The van der Waals surface area contributed by atoms with Crippen molar-refractivity contribution < 1.29 is 0 Å². The maximum Gasteiger partial charge on any atom is 0.0457 e. The summed E-state index contributed by atoms with van der Waals surface area (Å²) in [5.74, 6) is 0. The average molecular weight is 291 g/mol. The number of fused-ring (bicyclic) bond motifs is 1. The van der Waals surface area contributed by atoms with Crippen molar-refractivity contribution in [3.63, 3.8) is 0 Å². The van der Waals surface area contributed by atoms with Gasteiger partial charge in [-0.1, -0.05) is 30.3 Å². The molecule has 3 heteroatoms. The zero-order chi connectivity index (χ0) is 14.8. The van der Waals surface area contributed by atoms with Crippen LogP contribution in [0.15, 0.2) is 60.8 Å². The Labute approximate surface area is 131 Å². The van der Waals surface area contributed by atoms with Crippen LogP contribution < -0.4 is 10.2 Å². The standard InChI is InChI=1S/C19H21N3/c1-2-6-17(7-3-1)22-12-10-16(14-22)21-13-15-5-4-8-19-18(15)9-11-20-19/h1-9,11,16,20-21H,10,12-14H2. The molecule has 1 aliphatic heterocycles. The Hall–Kier alpha value is -2.26. The Morgan fingerprint density at radius 2 is 1.95 bits per heavy atom. The molecule has 1 aromatic heterocycles. The molecule has 1 atom stereocenters. The lowest BCUT2D eigenvalue weighted by molar-refractivity contribution is 0.553. The first-order valence-electron chi connectivity index (χ1n) is 7.98. The normalized spacial score (nSPS) is 18.2. The van der Waals surface area contributed by atoms with Gasteiger partial charge in [-0.3, -0.25) is 0 Å². The van der Waals surface area contributed by atoms with E-state index in [4.69, 9.17) is 0 Å². The first kappa shape index (κ1) is 13.4. The highest BCUT2D eigenvalue weighted by Crippen LogP contribution is 2.21. The molecule has 3 aromatic rings. The molecule has 2 N–H and O–H groups in total. The second-order valence-electron chi connectivity index (χ2n) is 6.00. The number of para-hydroxylation sites is 1. The number of nitrogens with zero attached hydrogens (tertiary/aromatic N) is 1. The fourth-order valence-electron chi connectivity index (χ4n) is 3.36. The highest BCUT2D eigenvalue weighted by Gasteiger charge is 2.22. The number of anilines is 1. The lowest BCUT2D eigenvalue weighted by Crippen LogP contribution is -2.32. The highest BCUT2D eigenvalue weighted by molar-refractivity contribution is 5.82. The second-order valence-corrected chi connectivity index (χ2v) is 6.00. The first-order valence-corrected chi connectivity index (χ1v) is 7.98. The van der Waals surface area contributed by atoms with Gasteiger partial charge in [-0.05, 0) is 36.2 Å². The third-order valence-corrected chi connectivity index (χ3v) is 4.58. The van der Waals surface area contributed by atoms with Crippen molar-refractivity contribution >= 4 is 16.6 Å². The molecule has 1 fully saturated rings. The molecule has 0 radical (unpaired) electrons. The van der Waals surface area contributed by atoms with E-state index in [-0.39, 0.29) is 0 Å². The van der Waals surface area contributed by atoms with Gasteiger partial charge >= 0.3 is 0 Å². The summed E-state index contributed by atoms with van der Waals surface area (Å²) < 4.78 is 0. The highest BCUT2D eigenvalue weighted by atomic mass is 15.2. The summed E-state index contributed by atoms with van der Waals surface area (Å²) in [4.78, 5) is 5.75. The van der Waals surface area contributed by atoms with Gasteiger partial charge in [0, 0.05) is 48.5 Å². The SMILES string of the molecule is c1ccc(N2CCC(NCc3cccc4[nH]ccc34)C2)cc1. The number of aromatic nitrogens is 1. The van der Waals surface area contributed by atoms with Crippen LogP contribution in [0.3, 0.4) is 0 Å². The van der Waals surface area contributed by atoms with Gasteiger partial charge in [-0.15, -0.1) is 0 Å². The minimum Gasteiger partial charge on any atom is -0.370 e. The smallest absolute Gasteiger partial charge is 0.0457 e. The van der Waals surface area contributed by atoms with Crippen LogP contribution in [-0.4, -0.2) is 24.1 Å². The zero-order valence-electron chi connectivity index (χ0n) is 12.6. The van der Waals surface area contributed by atoms with E-state index < -0.39 is 0 Å². The van der Waals surface area contributed by atoms with E-state index in [1.165, 1.54) is 28.6 Å². The second kappa shape index (κ2) is 5.85. The molecule has 1 unspecified atom stereocenters. The Morgan fingerprint density at radius 1 is 1.05 bits per heavy atom. The minimum atomic E-state index is 0.564. The van der Waals surface area contributed by atoms with E-state index in [0.717, 1.165) is 19.6 Å². The lowest BCUT2D eigenvalue weighted by atomic mass is 10.1. The maximum absolute atomic E-state index is 3.72. The summed E-state index contributed by atoms with van der Waals surface area (Å²) in [6, 6.07) is 19.9. The lowest BCUT2D eigenvalue weighted by Gasteiger charge is -2.19. The van der Waals surface area contributed by atoms with Crippen LogP contribution in [-0.2, 0) is 6.54 Å². The summed E-state index contributed by atoms with van der Waals surface area (Å²) in [5.41, 5.74) is 3.92. The Balaban J connectivity index is 1.40. The van der Waals surface area contributed by atoms with Crippen LogP contribution in [0.2, 0.25) is 0 Å². The van der Waals surface area contributed by atoms with Crippen molar-refractivity contribution in [3.8, 4) is 0 Å². The van der Waals surface area contributed by atoms with Crippen molar-refractivity contribution in [1.29, 1.82) is 0 Å². The van der Waals surface area contributed by atoms with Gasteiger partial charge in [0.05, 0.1) is 0 Å². The molecule has 0 spiro atoms. The van der Waals surface area contributed by atoms with E-state index >= 15 is 0 Å². The van der Waals surface area contributed by atoms with Crippen molar-refractivity contribution in [3.05, 3.63) is 66.4 Å². The average Bonchev–Trinajstić information content (AvgIpc) is 3.23. The molecule has 112 valence electrons. The van der Waals surface area contributed by atoms with Gasteiger partial charge in [-0.2, -0.15) is 0 Å². The summed E-state index contributed by atoms with van der Waals surface area (Å²) in [5, 5.41) is 5.05. The zero-order valence-corrected chi connectivity index (χ0v) is 12.6. The van der Waals surface area contributed by atoms with Crippen LogP contribution in [0.4, 0.5) is 5.69 Å². The van der Waals surface area contributed by atoms with Crippen molar-refractivity contribution in [1.82, 2.24) is 10.3 Å². The molecule has 2 aromatic carbocycles. The van der Waals surface area contributed by atoms with Crippen molar-refractivity contribution in [2.45, 2.75) is 19.0 Å². The first-order chi connectivity index (χ1) is 10.9. The molecule has 4 rings (SSSR count). The predicted molar refractivity (Wildman–Crippen MR) is 92.2 cm³/mol. The van der Waals surface area contributed by atoms with Crippen LogP contribution in [0.1, 0.15) is 12.0 Å². The maximum atomic E-state index is 3.72. The number of hydrogen-bond donors (Lipinski definition) is 2. The molecule has 3 nitrogen and oxygen atoms in total. The van der Waals surface area contributed by atoms with Gasteiger partial charge in [0.25, 0.3) is 0 Å². The minimum absolute atomic E-state index is 0.564. The van der Waals surface area contributed by atoms with E-state index in [2.05, 4.69) is 69.8 Å². The predicted octanol–water partition coefficient (Wildman–Crippen LogP) is 3.54. The number of nitrogens with one attached hydrogen (secondary N) is 2. The van der Waals surface area contributed by atoms with Gasteiger partial charge in [0.1, 0.15) is 0 Å². The topological polar surface area (TPSA) is 31.1 Å².